The Morgan fingerprint density at radius 2 is 1.82 bits per heavy atom. The largest absolute Gasteiger partial charge is 0.496 e. The molecule has 0 radical (unpaired) electrons. The Hall–Kier alpha value is -2.38. The van der Waals surface area contributed by atoms with Crippen LogP contribution in [0.4, 0.5) is 0 Å². The zero-order valence-electron chi connectivity index (χ0n) is 16.4. The lowest BCUT2D eigenvalue weighted by atomic mass is 10.0. The Morgan fingerprint density at radius 3 is 2.50 bits per heavy atom. The van der Waals surface area contributed by atoms with Crippen molar-refractivity contribution >= 4 is 15.9 Å². The summed E-state index contributed by atoms with van der Waals surface area (Å²) in [5, 5.41) is 2.95. The fraction of sp³-hybridized carbons (Fsp3) is 0.381. The van der Waals surface area contributed by atoms with Crippen molar-refractivity contribution < 1.29 is 17.9 Å². The number of amides is 1. The van der Waals surface area contributed by atoms with Gasteiger partial charge in [-0.15, -0.1) is 0 Å². The van der Waals surface area contributed by atoms with Gasteiger partial charge in [0.1, 0.15) is 5.75 Å². The van der Waals surface area contributed by atoms with Crippen LogP contribution in [0.3, 0.4) is 0 Å². The van der Waals surface area contributed by atoms with Crippen molar-refractivity contribution in [3.05, 3.63) is 59.2 Å². The van der Waals surface area contributed by atoms with Gasteiger partial charge in [0, 0.05) is 24.2 Å². The number of aryl methyl sites for hydroxylation is 1. The van der Waals surface area contributed by atoms with E-state index in [1.54, 1.807) is 26.2 Å². The topological polar surface area (TPSA) is 75.7 Å². The second-order valence-corrected chi connectivity index (χ2v) is 8.96. The monoisotopic (exact) mass is 402 g/mol. The van der Waals surface area contributed by atoms with Gasteiger partial charge >= 0.3 is 0 Å². The molecule has 1 N–H and O–H groups in total. The van der Waals surface area contributed by atoms with Crippen LogP contribution < -0.4 is 10.1 Å². The molecule has 0 spiro atoms. The van der Waals surface area contributed by atoms with Gasteiger partial charge in [0.25, 0.3) is 5.91 Å². The first kappa shape index (κ1) is 20.4. The Balaban J connectivity index is 1.85. The number of hydrogen-bond acceptors (Lipinski definition) is 4. The lowest BCUT2D eigenvalue weighted by Crippen LogP contribution is -2.30. The average Bonchev–Trinajstić information content (AvgIpc) is 3.23. The highest BCUT2D eigenvalue weighted by Crippen LogP contribution is 2.26. The molecule has 1 aliphatic rings. The van der Waals surface area contributed by atoms with E-state index in [1.165, 1.54) is 10.4 Å². The molecular weight excluding hydrogens is 376 g/mol. The third-order valence-electron chi connectivity index (χ3n) is 5.11. The van der Waals surface area contributed by atoms with Gasteiger partial charge in [0.2, 0.25) is 10.0 Å². The maximum Gasteiger partial charge on any atom is 0.252 e. The average molecular weight is 403 g/mol. The number of carbonyl (C=O) groups is 1. The Morgan fingerprint density at radius 1 is 1.14 bits per heavy atom. The van der Waals surface area contributed by atoms with Crippen LogP contribution in [0.2, 0.25) is 0 Å². The highest BCUT2D eigenvalue weighted by atomic mass is 32.2. The summed E-state index contributed by atoms with van der Waals surface area (Å²) in [6.45, 7) is 4.73. The van der Waals surface area contributed by atoms with E-state index < -0.39 is 10.0 Å². The van der Waals surface area contributed by atoms with Crippen LogP contribution in [0.5, 0.6) is 5.75 Å². The van der Waals surface area contributed by atoms with Crippen LogP contribution in [-0.4, -0.2) is 38.8 Å². The summed E-state index contributed by atoms with van der Waals surface area (Å²) in [7, 11) is -1.98. The molecule has 1 aliphatic heterocycles. The number of nitrogens with one attached hydrogen (secondary N) is 1. The number of para-hydroxylation sites is 1. The quantitative estimate of drug-likeness (QED) is 0.805. The fourth-order valence-electron chi connectivity index (χ4n) is 3.46. The number of nitrogens with zero attached hydrogens (tertiary/aromatic N) is 1. The predicted octanol–water partition coefficient (Wildman–Crippen LogP) is 3.28. The lowest BCUT2D eigenvalue weighted by Gasteiger charge is -2.19. The number of methoxy groups -OCH3 is 1. The molecule has 6 nitrogen and oxygen atoms in total. The molecule has 28 heavy (non-hydrogen) atoms. The van der Waals surface area contributed by atoms with Crippen molar-refractivity contribution in [2.24, 2.45) is 0 Å². The summed E-state index contributed by atoms with van der Waals surface area (Å²) in [6.07, 6.45) is 1.74. The summed E-state index contributed by atoms with van der Waals surface area (Å²) < 4.78 is 32.5. The minimum absolute atomic E-state index is 0.162. The highest BCUT2D eigenvalue weighted by Gasteiger charge is 2.28. The van der Waals surface area contributed by atoms with Gasteiger partial charge in [0.15, 0.2) is 0 Å². The van der Waals surface area contributed by atoms with Crippen LogP contribution in [0.1, 0.15) is 47.3 Å². The van der Waals surface area contributed by atoms with Crippen molar-refractivity contribution in [2.75, 3.05) is 20.2 Å². The predicted molar refractivity (Wildman–Crippen MR) is 108 cm³/mol. The first-order chi connectivity index (χ1) is 13.3. The molecule has 2 aromatic rings. The number of carbonyl (C=O) groups excluding carboxylic acids is 1. The van der Waals surface area contributed by atoms with Crippen molar-refractivity contribution in [3.8, 4) is 5.75 Å². The molecule has 1 saturated heterocycles. The number of benzene rings is 2. The second kappa shape index (κ2) is 8.32. The molecule has 0 unspecified atom stereocenters. The Bertz CT molecular complexity index is 966. The zero-order chi connectivity index (χ0) is 20.3. The summed E-state index contributed by atoms with van der Waals surface area (Å²) >= 11 is 0. The first-order valence-corrected chi connectivity index (χ1v) is 10.8. The van der Waals surface area contributed by atoms with Crippen molar-refractivity contribution in [2.45, 2.75) is 37.6 Å². The fourth-order valence-corrected chi connectivity index (χ4v) is 5.00. The van der Waals surface area contributed by atoms with Crippen LogP contribution in [-0.2, 0) is 10.0 Å². The van der Waals surface area contributed by atoms with E-state index in [4.69, 9.17) is 4.74 Å². The molecular formula is C21H26N2O4S. The SMILES string of the molecule is COc1ccccc1[C@@H](C)NC(=O)c1cc(S(=O)(=O)N2CCCC2)ccc1C. The molecule has 0 aromatic heterocycles. The van der Waals surface area contributed by atoms with Gasteiger partial charge in [0.05, 0.1) is 18.0 Å². The van der Waals surface area contributed by atoms with Gasteiger partial charge in [-0.25, -0.2) is 8.42 Å². The molecule has 3 rings (SSSR count). The molecule has 0 saturated carbocycles. The van der Waals surface area contributed by atoms with E-state index in [-0.39, 0.29) is 16.8 Å². The molecule has 0 bridgehead atoms. The van der Waals surface area contributed by atoms with E-state index in [1.807, 2.05) is 31.2 Å². The third-order valence-corrected chi connectivity index (χ3v) is 7.00. The third kappa shape index (κ3) is 4.05. The first-order valence-electron chi connectivity index (χ1n) is 9.39. The number of ether oxygens (including phenoxy) is 1. The molecule has 7 heteroatoms. The molecule has 0 aliphatic carbocycles. The van der Waals surface area contributed by atoms with Crippen molar-refractivity contribution in [1.29, 1.82) is 0 Å². The van der Waals surface area contributed by atoms with E-state index in [0.717, 1.165) is 24.0 Å². The number of hydrogen-bond donors (Lipinski definition) is 1. The van der Waals surface area contributed by atoms with E-state index in [0.29, 0.717) is 24.4 Å². The van der Waals surface area contributed by atoms with Crippen molar-refractivity contribution in [1.82, 2.24) is 9.62 Å². The van der Waals surface area contributed by atoms with Gasteiger partial charge in [-0.2, -0.15) is 4.31 Å². The van der Waals surface area contributed by atoms with Crippen molar-refractivity contribution in [3.63, 3.8) is 0 Å². The molecule has 1 atom stereocenters. The van der Waals surface area contributed by atoms with Gasteiger partial charge in [-0.1, -0.05) is 24.3 Å². The maximum atomic E-state index is 12.9. The standard InChI is InChI=1S/C21H26N2O4S/c1-15-10-11-17(28(25,26)23-12-6-7-13-23)14-19(15)21(24)22-16(2)18-8-4-5-9-20(18)27-3/h4-5,8-11,14,16H,6-7,12-13H2,1-3H3,(H,22,24)/t16-/m1/s1. The minimum atomic E-state index is -3.57. The summed E-state index contributed by atoms with van der Waals surface area (Å²) in [5.74, 6) is 0.381. The minimum Gasteiger partial charge on any atom is -0.496 e. The Kier molecular flexibility index (Phi) is 6.05. The van der Waals surface area contributed by atoms with Crippen LogP contribution in [0.25, 0.3) is 0 Å². The highest BCUT2D eigenvalue weighted by molar-refractivity contribution is 7.89. The summed E-state index contributed by atoms with van der Waals surface area (Å²) in [6, 6.07) is 11.9. The van der Waals surface area contributed by atoms with E-state index >= 15 is 0 Å². The van der Waals surface area contributed by atoms with Crippen LogP contribution in [0, 0.1) is 6.92 Å². The van der Waals surface area contributed by atoms with Gasteiger partial charge in [-0.05, 0) is 50.5 Å². The normalized spacial score (nSPS) is 16.0. The summed E-state index contributed by atoms with van der Waals surface area (Å²) in [5.41, 5.74) is 1.95. The second-order valence-electron chi connectivity index (χ2n) is 7.03. The van der Waals surface area contributed by atoms with Gasteiger partial charge < -0.3 is 10.1 Å². The maximum absolute atomic E-state index is 12.9. The van der Waals surface area contributed by atoms with E-state index in [9.17, 15) is 13.2 Å². The Labute approximate surface area is 166 Å². The number of sulfonamides is 1. The van der Waals surface area contributed by atoms with Gasteiger partial charge in [-0.3, -0.25) is 4.79 Å². The van der Waals surface area contributed by atoms with Crippen LogP contribution in [0.15, 0.2) is 47.4 Å². The van der Waals surface area contributed by atoms with E-state index in [2.05, 4.69) is 5.32 Å². The molecule has 2 aromatic carbocycles. The lowest BCUT2D eigenvalue weighted by molar-refractivity contribution is 0.0938. The molecule has 1 heterocycles. The summed E-state index contributed by atoms with van der Waals surface area (Å²) in [4.78, 5) is 13.1. The van der Waals surface area contributed by atoms with Crippen LogP contribution >= 0.6 is 0 Å². The zero-order valence-corrected chi connectivity index (χ0v) is 17.3. The smallest absolute Gasteiger partial charge is 0.252 e. The molecule has 1 amide bonds. The molecule has 1 fully saturated rings. The number of rotatable bonds is 6. The molecule has 150 valence electrons.